The number of pyridine rings is 1. The van der Waals surface area contributed by atoms with Crippen LogP contribution in [0.25, 0.3) is 72.7 Å². The largest absolute Gasteiger partial charge is 0.507 e. The minimum absolute atomic E-state index is 0.0364. The fourth-order valence-electron chi connectivity index (χ4n) is 7.63. The van der Waals surface area contributed by atoms with E-state index in [0.717, 1.165) is 44.6 Å². The van der Waals surface area contributed by atoms with Crippen molar-refractivity contribution >= 4 is 11.0 Å². The number of imidazole rings is 1. The molecule has 0 spiro atoms. The van der Waals surface area contributed by atoms with Crippen LogP contribution in [0.5, 0.6) is 5.75 Å². The van der Waals surface area contributed by atoms with Crippen molar-refractivity contribution in [2.75, 3.05) is 0 Å². The number of phenolic OH excluding ortho intramolecular Hbond substituents is 1. The first kappa shape index (κ1) is 29.0. The maximum Gasteiger partial charge on any atom is 0.149 e. The molecule has 8 rings (SSSR count). The van der Waals surface area contributed by atoms with Crippen molar-refractivity contribution in [3.05, 3.63) is 168 Å². The monoisotopic (exact) mass is 783 g/mol. The lowest BCUT2D eigenvalue weighted by Gasteiger charge is -2.25. The first-order valence-electron chi connectivity index (χ1n) is 24.9. The highest BCUT2D eigenvalue weighted by molar-refractivity contribution is 5.97. The standard InChI is InChI=1S/C55H55N3O/c1-35-22-24-36(25-23-35)38-28-29-56-48(33-38)40-30-39(31-41(32-40)53(2,3)4)44-18-15-21-49-50(44)57-52(45-19-14-20-46(51(45)59)54(5,6)7)58(49)42-26-27-43(37-16-12-11-13-17-37)47(34-42)55(8,9)10/h11-34,59H,1-10H3/i1D3,22D,23D,24D,25D,28D,29D,33D. The van der Waals surface area contributed by atoms with Crippen LogP contribution >= 0.6 is 0 Å². The third-order valence-electron chi connectivity index (χ3n) is 10.8. The minimum Gasteiger partial charge on any atom is -0.507 e. The van der Waals surface area contributed by atoms with Gasteiger partial charge in [-0.2, -0.15) is 0 Å². The van der Waals surface area contributed by atoms with Gasteiger partial charge in [0.1, 0.15) is 11.6 Å². The van der Waals surface area contributed by atoms with E-state index in [4.69, 9.17) is 17.3 Å². The molecule has 4 heteroatoms. The molecule has 0 aliphatic heterocycles. The molecule has 0 aliphatic rings. The first-order chi connectivity index (χ1) is 32.1. The fourth-order valence-corrected chi connectivity index (χ4v) is 7.63. The van der Waals surface area contributed by atoms with Gasteiger partial charge < -0.3 is 5.11 Å². The number of benzene rings is 6. The van der Waals surface area contributed by atoms with Crippen LogP contribution in [0, 0.1) is 6.85 Å². The van der Waals surface area contributed by atoms with Crippen molar-refractivity contribution in [1.82, 2.24) is 14.5 Å². The number of para-hydroxylation sites is 2. The van der Waals surface area contributed by atoms with Crippen LogP contribution in [0.3, 0.4) is 0 Å². The number of aromatic nitrogens is 3. The smallest absolute Gasteiger partial charge is 0.149 e. The number of rotatable bonds is 6. The molecule has 0 bridgehead atoms. The zero-order chi connectivity index (χ0) is 50.4. The van der Waals surface area contributed by atoms with E-state index in [1.54, 1.807) is 0 Å². The second kappa shape index (κ2) is 14.8. The van der Waals surface area contributed by atoms with Crippen molar-refractivity contribution in [1.29, 1.82) is 0 Å². The van der Waals surface area contributed by atoms with Gasteiger partial charge in [0.15, 0.2) is 0 Å². The number of hydrogen-bond donors (Lipinski definition) is 1. The number of hydrogen-bond acceptors (Lipinski definition) is 3. The zero-order valence-electron chi connectivity index (χ0n) is 45.1. The Balaban J connectivity index is 1.42. The average molecular weight is 784 g/mol. The summed E-state index contributed by atoms with van der Waals surface area (Å²) in [6.07, 6.45) is -0.564. The third kappa shape index (κ3) is 7.72. The molecule has 2 heterocycles. The zero-order valence-corrected chi connectivity index (χ0v) is 35.1. The summed E-state index contributed by atoms with van der Waals surface area (Å²) >= 11 is 0. The maximum atomic E-state index is 12.1. The van der Waals surface area contributed by atoms with Crippen LogP contribution in [0.2, 0.25) is 0 Å². The van der Waals surface area contributed by atoms with Gasteiger partial charge in [0, 0.05) is 27.1 Å². The molecule has 1 N–H and O–H groups in total. The van der Waals surface area contributed by atoms with E-state index < -0.39 is 65.8 Å². The Morgan fingerprint density at radius 2 is 1.27 bits per heavy atom. The van der Waals surface area contributed by atoms with E-state index in [1.165, 1.54) is 0 Å². The lowest BCUT2D eigenvalue weighted by atomic mass is 9.81. The van der Waals surface area contributed by atoms with E-state index in [0.29, 0.717) is 28.0 Å². The first-order valence-corrected chi connectivity index (χ1v) is 19.9. The lowest BCUT2D eigenvalue weighted by molar-refractivity contribution is 0.448. The number of fused-ring (bicyclic) bond motifs is 1. The minimum atomic E-state index is -2.96. The molecule has 6 aromatic carbocycles. The summed E-state index contributed by atoms with van der Waals surface area (Å²) in [5.41, 5.74) is 6.77. The summed E-state index contributed by atoms with van der Waals surface area (Å²) in [6, 6.07) is 30.0. The van der Waals surface area contributed by atoms with Crippen molar-refractivity contribution < 1.29 is 18.8 Å². The molecule has 296 valence electrons. The molecule has 0 saturated carbocycles. The molecule has 0 unspecified atom stereocenters. The van der Waals surface area contributed by atoms with Gasteiger partial charge >= 0.3 is 0 Å². The normalized spacial score (nSPS) is 14.9. The fraction of sp³-hybridized carbons (Fsp3) is 0.236. The van der Waals surface area contributed by atoms with Crippen LogP contribution in [-0.4, -0.2) is 19.6 Å². The Hall–Kier alpha value is -6.26. The predicted octanol–water partition coefficient (Wildman–Crippen LogP) is 14.7. The molecule has 0 atom stereocenters. The highest BCUT2D eigenvalue weighted by Crippen LogP contribution is 2.44. The molecule has 0 fully saturated rings. The Kier molecular flexibility index (Phi) is 7.30. The maximum absolute atomic E-state index is 12.1. The molecule has 0 saturated heterocycles. The van der Waals surface area contributed by atoms with Gasteiger partial charge in [-0.25, -0.2) is 4.98 Å². The van der Waals surface area contributed by atoms with Crippen molar-refractivity contribution in [3.63, 3.8) is 0 Å². The molecule has 0 radical (unpaired) electrons. The lowest BCUT2D eigenvalue weighted by Crippen LogP contribution is -2.14. The van der Waals surface area contributed by atoms with Crippen molar-refractivity contribution in [3.8, 4) is 67.5 Å². The van der Waals surface area contributed by atoms with Crippen LogP contribution < -0.4 is 0 Å². The van der Waals surface area contributed by atoms with Crippen LogP contribution in [0.4, 0.5) is 0 Å². The van der Waals surface area contributed by atoms with Gasteiger partial charge in [-0.05, 0) is 116 Å². The Bertz CT molecular complexity index is 3330. The van der Waals surface area contributed by atoms with Gasteiger partial charge in [-0.15, -0.1) is 0 Å². The summed E-state index contributed by atoms with van der Waals surface area (Å²) in [6.45, 7) is 15.9. The number of phenols is 1. The Morgan fingerprint density at radius 3 is 1.97 bits per heavy atom. The van der Waals surface area contributed by atoms with Crippen LogP contribution in [0.15, 0.2) is 146 Å². The average Bonchev–Trinajstić information content (AvgIpc) is 3.66. The van der Waals surface area contributed by atoms with Crippen LogP contribution in [-0.2, 0) is 16.2 Å². The summed E-state index contributed by atoms with van der Waals surface area (Å²) < 4.78 is 87.9. The summed E-state index contributed by atoms with van der Waals surface area (Å²) in [7, 11) is 0. The molecule has 0 aliphatic carbocycles. The predicted molar refractivity (Wildman–Crippen MR) is 249 cm³/mol. The van der Waals surface area contributed by atoms with E-state index in [9.17, 15) is 6.48 Å². The Morgan fingerprint density at radius 1 is 0.576 bits per heavy atom. The molecule has 2 aromatic heterocycles. The molecular formula is C55H55N3O. The molecule has 0 amide bonds. The molecule has 4 nitrogen and oxygen atoms in total. The van der Waals surface area contributed by atoms with E-state index in [-0.39, 0.29) is 27.8 Å². The summed E-state index contributed by atoms with van der Waals surface area (Å²) in [4.78, 5) is 9.86. The number of aromatic hydroxyl groups is 1. The van der Waals surface area contributed by atoms with E-state index >= 15 is 0 Å². The molecule has 8 aromatic rings. The highest BCUT2D eigenvalue weighted by Gasteiger charge is 2.27. The summed E-state index contributed by atoms with van der Waals surface area (Å²) in [5, 5.41) is 12.1. The van der Waals surface area contributed by atoms with Crippen LogP contribution in [0.1, 0.15) is 98.3 Å². The third-order valence-corrected chi connectivity index (χ3v) is 10.8. The second-order valence-corrected chi connectivity index (χ2v) is 18.2. The van der Waals surface area contributed by atoms with Crippen molar-refractivity contribution in [2.45, 2.75) is 85.4 Å². The van der Waals surface area contributed by atoms with Crippen molar-refractivity contribution in [2.24, 2.45) is 0 Å². The van der Waals surface area contributed by atoms with Gasteiger partial charge in [0.05, 0.1) is 31.9 Å². The number of nitrogens with zero attached hydrogens (tertiary/aromatic N) is 3. The van der Waals surface area contributed by atoms with Gasteiger partial charge in [-0.1, -0.05) is 159 Å². The molecular weight excluding hydrogens is 719 g/mol. The quantitative estimate of drug-likeness (QED) is 0.183. The van der Waals surface area contributed by atoms with Gasteiger partial charge in [-0.3, -0.25) is 9.55 Å². The van der Waals surface area contributed by atoms with Gasteiger partial charge in [0.25, 0.3) is 0 Å². The van der Waals surface area contributed by atoms with Gasteiger partial charge in [0.2, 0.25) is 0 Å². The SMILES string of the molecule is [2H]c1nc(-c2cc(-c3cccc4c3nc(-c3cccc(C(C)(C)C)c3O)n4-c3ccc(-c4ccccc4)c(C(C)(C)C)c3)cc(C(C)(C)C)c2)c([2H])c(-c2c([2H])c([2H])c(C([2H])([2H])[2H])c([2H])c2[2H])c1[2H]. The summed E-state index contributed by atoms with van der Waals surface area (Å²) in [5.74, 6) is 0.649. The van der Waals surface area contributed by atoms with E-state index in [1.807, 2.05) is 93.6 Å². The Labute approximate surface area is 364 Å². The second-order valence-electron chi connectivity index (χ2n) is 18.2. The topological polar surface area (TPSA) is 50.9 Å². The molecule has 59 heavy (non-hydrogen) atoms. The highest BCUT2D eigenvalue weighted by atomic mass is 16.3. The van der Waals surface area contributed by atoms with E-state index in [2.05, 4.69) is 81.4 Å².